The van der Waals surface area contributed by atoms with E-state index in [1.54, 1.807) is 30.3 Å². The van der Waals surface area contributed by atoms with E-state index >= 15 is 0 Å². The van der Waals surface area contributed by atoms with Crippen LogP contribution in [0.15, 0.2) is 65.6 Å². The molecule has 0 unspecified atom stereocenters. The predicted octanol–water partition coefficient (Wildman–Crippen LogP) is 3.55. The molecule has 0 atom stereocenters. The van der Waals surface area contributed by atoms with E-state index in [0.29, 0.717) is 36.0 Å². The number of fused-ring (bicyclic) bond motifs is 2. The molecule has 0 aliphatic carbocycles. The first-order chi connectivity index (χ1) is 13.0. The largest absolute Gasteiger partial charge is 0.326 e. The molecule has 1 N–H and O–H groups in total. The van der Waals surface area contributed by atoms with Crippen molar-refractivity contribution in [2.75, 3.05) is 11.9 Å². The Labute approximate surface area is 158 Å². The summed E-state index contributed by atoms with van der Waals surface area (Å²) in [6.07, 6.45) is 0.706. The highest BCUT2D eigenvalue weighted by atomic mass is 32.2. The van der Waals surface area contributed by atoms with E-state index in [0.717, 1.165) is 5.56 Å². The molecule has 27 heavy (non-hydrogen) atoms. The first-order valence-corrected chi connectivity index (χ1v) is 10.3. The molecule has 0 aromatic heterocycles. The fraction of sp³-hybridized carbons (Fsp3) is 0.190. The van der Waals surface area contributed by atoms with Crippen molar-refractivity contribution in [1.29, 1.82) is 0 Å². The van der Waals surface area contributed by atoms with Crippen LogP contribution in [0.4, 0.5) is 5.69 Å². The Morgan fingerprint density at radius 1 is 0.926 bits per heavy atom. The van der Waals surface area contributed by atoms with Crippen LogP contribution in [0.1, 0.15) is 18.1 Å². The Kier molecular flexibility index (Phi) is 4.45. The van der Waals surface area contributed by atoms with Gasteiger partial charge >= 0.3 is 0 Å². The van der Waals surface area contributed by atoms with Crippen LogP contribution in [0.3, 0.4) is 0 Å². The minimum Gasteiger partial charge on any atom is -0.326 e. The number of rotatable bonds is 3. The Bertz CT molecular complexity index is 1140. The normalized spacial score (nSPS) is 14.7. The lowest BCUT2D eigenvalue weighted by Gasteiger charge is -2.28. The number of nitrogens with zero attached hydrogens (tertiary/aromatic N) is 1. The molecule has 0 radical (unpaired) electrons. The van der Waals surface area contributed by atoms with Crippen LogP contribution in [0.5, 0.6) is 0 Å². The van der Waals surface area contributed by atoms with Crippen LogP contribution in [0.25, 0.3) is 10.8 Å². The molecule has 4 rings (SSSR count). The van der Waals surface area contributed by atoms with Crippen molar-refractivity contribution in [3.05, 3.63) is 71.8 Å². The zero-order valence-electron chi connectivity index (χ0n) is 15.0. The average Bonchev–Trinajstić information content (AvgIpc) is 2.67. The average molecular weight is 380 g/mol. The van der Waals surface area contributed by atoms with Gasteiger partial charge in [-0.05, 0) is 29.7 Å². The zero-order valence-corrected chi connectivity index (χ0v) is 15.8. The number of nitrogens with one attached hydrogen (secondary N) is 1. The van der Waals surface area contributed by atoms with Crippen LogP contribution in [0, 0.1) is 0 Å². The number of hydrogen-bond acceptors (Lipinski definition) is 3. The number of benzene rings is 3. The van der Waals surface area contributed by atoms with Crippen LogP contribution in [-0.2, 0) is 27.8 Å². The van der Waals surface area contributed by atoms with Gasteiger partial charge in [0.15, 0.2) is 0 Å². The second-order valence-electron chi connectivity index (χ2n) is 6.70. The standard InChI is InChI=1S/C21H20N2O3S/c1-15(24)22-20-10-4-9-19-18(20)8-5-11-21(19)27(25,26)23-13-12-16-6-2-3-7-17(16)14-23/h2-11H,12-14H2,1H3,(H,22,24). The third-order valence-electron chi connectivity index (χ3n) is 4.91. The lowest BCUT2D eigenvalue weighted by Crippen LogP contribution is -2.36. The van der Waals surface area contributed by atoms with Gasteiger partial charge in [-0.25, -0.2) is 8.42 Å². The number of carbonyl (C=O) groups excluding carboxylic acids is 1. The molecule has 3 aromatic rings. The van der Waals surface area contributed by atoms with E-state index in [2.05, 4.69) is 11.4 Å². The molecule has 1 amide bonds. The van der Waals surface area contributed by atoms with E-state index in [-0.39, 0.29) is 10.8 Å². The molecule has 0 fully saturated rings. The Balaban J connectivity index is 1.79. The summed E-state index contributed by atoms with van der Waals surface area (Å²) in [5.74, 6) is -0.191. The topological polar surface area (TPSA) is 66.5 Å². The second-order valence-corrected chi connectivity index (χ2v) is 8.60. The summed E-state index contributed by atoms with van der Waals surface area (Å²) >= 11 is 0. The van der Waals surface area contributed by atoms with Crippen molar-refractivity contribution in [3.8, 4) is 0 Å². The van der Waals surface area contributed by atoms with E-state index in [9.17, 15) is 13.2 Å². The molecule has 5 nitrogen and oxygen atoms in total. The molecule has 6 heteroatoms. The Morgan fingerprint density at radius 2 is 1.63 bits per heavy atom. The van der Waals surface area contributed by atoms with Crippen LogP contribution in [0.2, 0.25) is 0 Å². The molecule has 3 aromatic carbocycles. The summed E-state index contributed by atoms with van der Waals surface area (Å²) < 4.78 is 28.3. The SMILES string of the molecule is CC(=O)Nc1cccc2c(S(=O)(=O)N3CCc4ccccc4C3)cccc12. The van der Waals surface area contributed by atoms with Crippen LogP contribution in [-0.4, -0.2) is 25.2 Å². The van der Waals surface area contributed by atoms with Crippen molar-refractivity contribution >= 4 is 32.4 Å². The molecule has 1 heterocycles. The highest BCUT2D eigenvalue weighted by Crippen LogP contribution is 2.32. The van der Waals surface area contributed by atoms with E-state index in [4.69, 9.17) is 0 Å². The highest BCUT2D eigenvalue weighted by Gasteiger charge is 2.29. The molecular formula is C21H20N2O3S. The molecule has 0 spiro atoms. The maximum Gasteiger partial charge on any atom is 0.244 e. The van der Waals surface area contributed by atoms with Gasteiger partial charge in [-0.2, -0.15) is 4.31 Å². The summed E-state index contributed by atoms with van der Waals surface area (Å²) in [6, 6.07) is 18.5. The number of amides is 1. The smallest absolute Gasteiger partial charge is 0.244 e. The summed E-state index contributed by atoms with van der Waals surface area (Å²) in [5, 5.41) is 4.10. The van der Waals surface area contributed by atoms with Crippen molar-refractivity contribution in [3.63, 3.8) is 0 Å². The highest BCUT2D eigenvalue weighted by molar-refractivity contribution is 7.89. The third kappa shape index (κ3) is 3.22. The molecule has 138 valence electrons. The minimum atomic E-state index is -3.66. The Morgan fingerprint density at radius 3 is 2.41 bits per heavy atom. The third-order valence-corrected chi connectivity index (χ3v) is 6.81. The first kappa shape index (κ1) is 17.7. The molecule has 0 bridgehead atoms. The molecular weight excluding hydrogens is 360 g/mol. The molecule has 0 saturated heterocycles. The van der Waals surface area contributed by atoms with Gasteiger partial charge in [0, 0.05) is 36.5 Å². The maximum absolute atomic E-state index is 13.4. The lowest BCUT2D eigenvalue weighted by molar-refractivity contribution is -0.114. The fourth-order valence-electron chi connectivity index (χ4n) is 3.62. The van der Waals surface area contributed by atoms with Gasteiger partial charge in [0.2, 0.25) is 15.9 Å². The Hall–Kier alpha value is -2.70. The van der Waals surface area contributed by atoms with Gasteiger partial charge < -0.3 is 5.32 Å². The van der Waals surface area contributed by atoms with E-state index in [1.807, 2.05) is 24.3 Å². The van der Waals surface area contributed by atoms with Gasteiger partial charge in [-0.3, -0.25) is 4.79 Å². The van der Waals surface area contributed by atoms with Crippen molar-refractivity contribution in [1.82, 2.24) is 4.31 Å². The van der Waals surface area contributed by atoms with Crippen molar-refractivity contribution < 1.29 is 13.2 Å². The molecule has 1 aliphatic rings. The quantitative estimate of drug-likeness (QED) is 0.756. The number of sulfonamides is 1. The summed E-state index contributed by atoms with van der Waals surface area (Å²) in [5.41, 5.74) is 2.86. The monoisotopic (exact) mass is 380 g/mol. The van der Waals surface area contributed by atoms with Gasteiger partial charge in [0.1, 0.15) is 0 Å². The summed E-state index contributed by atoms with van der Waals surface area (Å²) in [6.45, 7) is 2.27. The van der Waals surface area contributed by atoms with Gasteiger partial charge in [0.05, 0.1) is 4.90 Å². The van der Waals surface area contributed by atoms with Crippen molar-refractivity contribution in [2.24, 2.45) is 0 Å². The van der Waals surface area contributed by atoms with Crippen molar-refractivity contribution in [2.45, 2.75) is 24.8 Å². The summed E-state index contributed by atoms with van der Waals surface area (Å²) in [4.78, 5) is 11.7. The zero-order chi connectivity index (χ0) is 19.0. The number of anilines is 1. The number of hydrogen-bond donors (Lipinski definition) is 1. The van der Waals surface area contributed by atoms with E-state index < -0.39 is 10.0 Å². The minimum absolute atomic E-state index is 0.191. The predicted molar refractivity (Wildman–Crippen MR) is 106 cm³/mol. The van der Waals surface area contributed by atoms with Crippen LogP contribution >= 0.6 is 0 Å². The molecule has 0 saturated carbocycles. The fourth-order valence-corrected chi connectivity index (χ4v) is 5.24. The van der Waals surface area contributed by atoms with Gasteiger partial charge in [0.25, 0.3) is 0 Å². The molecule has 1 aliphatic heterocycles. The number of carbonyl (C=O) groups is 1. The lowest BCUT2D eigenvalue weighted by atomic mass is 10.0. The van der Waals surface area contributed by atoms with Crippen LogP contribution < -0.4 is 5.32 Å². The van der Waals surface area contributed by atoms with E-state index in [1.165, 1.54) is 16.8 Å². The van der Waals surface area contributed by atoms with Gasteiger partial charge in [-0.1, -0.05) is 48.5 Å². The maximum atomic E-state index is 13.4. The summed E-state index contributed by atoms with van der Waals surface area (Å²) in [7, 11) is -3.66. The van der Waals surface area contributed by atoms with Gasteiger partial charge in [-0.15, -0.1) is 0 Å². The second kappa shape index (κ2) is 6.79. The first-order valence-electron chi connectivity index (χ1n) is 8.83.